The van der Waals surface area contributed by atoms with Crippen LogP contribution in [0.25, 0.3) is 0 Å². The van der Waals surface area contributed by atoms with Gasteiger partial charge in [0, 0.05) is 30.5 Å². The van der Waals surface area contributed by atoms with Crippen molar-refractivity contribution in [3.8, 4) is 0 Å². The van der Waals surface area contributed by atoms with Crippen molar-refractivity contribution in [1.29, 1.82) is 0 Å². The number of nitrogens with zero attached hydrogens (tertiary/aromatic N) is 2. The van der Waals surface area contributed by atoms with Crippen LogP contribution in [0.15, 0.2) is 42.6 Å². The van der Waals surface area contributed by atoms with Crippen molar-refractivity contribution >= 4 is 17.5 Å². The van der Waals surface area contributed by atoms with Crippen LogP contribution in [0.1, 0.15) is 47.2 Å². The molecule has 0 unspecified atom stereocenters. The Labute approximate surface area is 149 Å². The van der Waals surface area contributed by atoms with Crippen molar-refractivity contribution in [1.82, 2.24) is 10.3 Å². The molecule has 5 heteroatoms. The van der Waals surface area contributed by atoms with E-state index in [-0.39, 0.29) is 17.5 Å². The molecule has 0 aliphatic rings. The lowest BCUT2D eigenvalue weighted by Crippen LogP contribution is -2.32. The molecule has 1 N–H and O–H groups in total. The number of pyridine rings is 1. The number of aromatic nitrogens is 1. The third-order valence-electron chi connectivity index (χ3n) is 3.79. The summed E-state index contributed by atoms with van der Waals surface area (Å²) in [4.78, 5) is 30.9. The summed E-state index contributed by atoms with van der Waals surface area (Å²) in [5, 5.41) is 2.82. The lowest BCUT2D eigenvalue weighted by atomic mass is 10.1. The minimum absolute atomic E-state index is 0.145. The lowest BCUT2D eigenvalue weighted by molar-refractivity contribution is 0.0944. The van der Waals surface area contributed by atoms with Gasteiger partial charge in [0.2, 0.25) is 0 Å². The normalized spacial score (nSPS) is 10.6. The van der Waals surface area contributed by atoms with Crippen LogP contribution in [-0.4, -0.2) is 29.9 Å². The van der Waals surface area contributed by atoms with Crippen LogP contribution in [-0.2, 0) is 0 Å². The summed E-state index contributed by atoms with van der Waals surface area (Å²) in [6.07, 6.45) is 1.50. The summed E-state index contributed by atoms with van der Waals surface area (Å²) in [7, 11) is 0. The molecule has 132 valence electrons. The molecule has 2 rings (SSSR count). The van der Waals surface area contributed by atoms with Crippen LogP contribution in [0, 0.1) is 12.8 Å². The van der Waals surface area contributed by atoms with Gasteiger partial charge in [-0.3, -0.25) is 14.6 Å². The zero-order valence-electron chi connectivity index (χ0n) is 15.2. The van der Waals surface area contributed by atoms with E-state index < -0.39 is 0 Å². The van der Waals surface area contributed by atoms with Gasteiger partial charge in [0.25, 0.3) is 11.8 Å². The molecule has 25 heavy (non-hydrogen) atoms. The molecule has 1 heterocycles. The summed E-state index contributed by atoms with van der Waals surface area (Å²) < 4.78 is 0. The van der Waals surface area contributed by atoms with Gasteiger partial charge >= 0.3 is 0 Å². The Morgan fingerprint density at radius 1 is 1.20 bits per heavy atom. The van der Waals surface area contributed by atoms with E-state index in [1.54, 1.807) is 17.0 Å². The van der Waals surface area contributed by atoms with Gasteiger partial charge in [-0.1, -0.05) is 26.0 Å². The fraction of sp³-hybridized carbons (Fsp3) is 0.350. The highest BCUT2D eigenvalue weighted by atomic mass is 16.2. The minimum Gasteiger partial charge on any atom is -0.350 e. The minimum atomic E-state index is -0.262. The molecule has 1 aromatic carbocycles. The van der Waals surface area contributed by atoms with Gasteiger partial charge in [0.15, 0.2) is 0 Å². The highest BCUT2D eigenvalue weighted by Gasteiger charge is 2.18. The Kier molecular flexibility index (Phi) is 6.28. The molecule has 5 nitrogen and oxygen atoms in total. The Bertz CT molecular complexity index is 756. The molecule has 0 saturated heterocycles. The monoisotopic (exact) mass is 339 g/mol. The van der Waals surface area contributed by atoms with Crippen LogP contribution < -0.4 is 10.2 Å². The largest absolute Gasteiger partial charge is 0.350 e. The average molecular weight is 339 g/mol. The average Bonchev–Trinajstić information content (AvgIpc) is 2.60. The molecular weight excluding hydrogens is 314 g/mol. The second kappa shape index (κ2) is 8.42. The van der Waals surface area contributed by atoms with Crippen LogP contribution in [0.4, 0.5) is 5.69 Å². The fourth-order valence-electron chi connectivity index (χ4n) is 2.47. The summed E-state index contributed by atoms with van der Waals surface area (Å²) in [5.74, 6) is -0.0546. The highest BCUT2D eigenvalue weighted by molar-refractivity contribution is 6.07. The highest BCUT2D eigenvalue weighted by Crippen LogP contribution is 2.18. The topological polar surface area (TPSA) is 62.3 Å². The van der Waals surface area contributed by atoms with Crippen LogP contribution in [0.3, 0.4) is 0 Å². The molecule has 1 aromatic heterocycles. The standard InChI is InChI=1S/C20H25N3O2/c1-5-23(17-8-6-7-15(4)11-17)20(25)16-9-10-21-18(12-16)19(24)22-13-14(2)3/h6-12,14H,5,13H2,1-4H3,(H,22,24). The van der Waals surface area contributed by atoms with Crippen molar-refractivity contribution in [3.05, 3.63) is 59.4 Å². The number of anilines is 1. The van der Waals surface area contributed by atoms with Crippen molar-refractivity contribution in [3.63, 3.8) is 0 Å². The maximum Gasteiger partial charge on any atom is 0.269 e. The van der Waals surface area contributed by atoms with E-state index in [0.717, 1.165) is 11.3 Å². The van der Waals surface area contributed by atoms with E-state index in [2.05, 4.69) is 10.3 Å². The molecule has 2 amide bonds. The molecule has 0 fully saturated rings. The van der Waals surface area contributed by atoms with Crippen molar-refractivity contribution in [2.45, 2.75) is 27.7 Å². The molecular formula is C20H25N3O2. The van der Waals surface area contributed by atoms with Crippen molar-refractivity contribution in [2.75, 3.05) is 18.0 Å². The number of aryl methyl sites for hydroxylation is 1. The maximum atomic E-state index is 12.9. The SMILES string of the molecule is CCN(C(=O)c1ccnc(C(=O)NCC(C)C)c1)c1cccc(C)c1. The summed E-state index contributed by atoms with van der Waals surface area (Å²) >= 11 is 0. The second-order valence-corrected chi connectivity index (χ2v) is 6.42. The molecule has 0 saturated carbocycles. The van der Waals surface area contributed by atoms with E-state index in [0.29, 0.717) is 24.6 Å². The molecule has 0 aliphatic carbocycles. The van der Waals surface area contributed by atoms with E-state index >= 15 is 0 Å². The zero-order chi connectivity index (χ0) is 18.4. The van der Waals surface area contributed by atoms with E-state index in [9.17, 15) is 9.59 Å². The number of carbonyl (C=O) groups excluding carboxylic acids is 2. The molecule has 0 aliphatic heterocycles. The number of hydrogen-bond acceptors (Lipinski definition) is 3. The molecule has 2 aromatic rings. The quantitative estimate of drug-likeness (QED) is 0.877. The number of nitrogens with one attached hydrogen (secondary N) is 1. The molecule has 0 atom stereocenters. The summed E-state index contributed by atoms with van der Waals surface area (Å²) in [5.41, 5.74) is 2.64. The van der Waals surface area contributed by atoms with Gasteiger partial charge in [-0.05, 0) is 49.6 Å². The Hall–Kier alpha value is -2.69. The molecule has 0 spiro atoms. The predicted molar refractivity (Wildman–Crippen MR) is 99.9 cm³/mol. The molecule has 0 radical (unpaired) electrons. The van der Waals surface area contributed by atoms with Crippen molar-refractivity contribution in [2.24, 2.45) is 5.92 Å². The predicted octanol–water partition coefficient (Wildman–Crippen LogP) is 3.44. The number of rotatable bonds is 6. The summed E-state index contributed by atoms with van der Waals surface area (Å²) in [6, 6.07) is 11.0. The second-order valence-electron chi connectivity index (χ2n) is 6.42. The number of carbonyl (C=O) groups is 2. The lowest BCUT2D eigenvalue weighted by Gasteiger charge is -2.21. The first kappa shape index (κ1) is 18.6. The van der Waals surface area contributed by atoms with Crippen LogP contribution in [0.2, 0.25) is 0 Å². The number of amides is 2. The van der Waals surface area contributed by atoms with Gasteiger partial charge in [0.1, 0.15) is 5.69 Å². The maximum absolute atomic E-state index is 12.9. The van der Waals surface area contributed by atoms with Gasteiger partial charge in [0.05, 0.1) is 0 Å². The van der Waals surface area contributed by atoms with Gasteiger partial charge < -0.3 is 10.2 Å². The Morgan fingerprint density at radius 2 is 1.96 bits per heavy atom. The zero-order valence-corrected chi connectivity index (χ0v) is 15.2. The van der Waals surface area contributed by atoms with Gasteiger partial charge in [-0.2, -0.15) is 0 Å². The first-order valence-corrected chi connectivity index (χ1v) is 8.55. The first-order valence-electron chi connectivity index (χ1n) is 8.55. The first-order chi connectivity index (χ1) is 11.9. The summed E-state index contributed by atoms with van der Waals surface area (Å²) in [6.45, 7) is 9.08. The third kappa shape index (κ3) is 4.89. The van der Waals surface area contributed by atoms with Gasteiger partial charge in [-0.15, -0.1) is 0 Å². The van der Waals surface area contributed by atoms with Crippen molar-refractivity contribution < 1.29 is 9.59 Å². The van der Waals surface area contributed by atoms with Crippen LogP contribution in [0.5, 0.6) is 0 Å². The van der Waals surface area contributed by atoms with Crippen LogP contribution >= 0.6 is 0 Å². The van der Waals surface area contributed by atoms with E-state index in [4.69, 9.17) is 0 Å². The van der Waals surface area contributed by atoms with E-state index in [1.807, 2.05) is 52.0 Å². The van der Waals surface area contributed by atoms with Gasteiger partial charge in [-0.25, -0.2) is 0 Å². The Balaban J connectivity index is 2.23. The fourth-order valence-corrected chi connectivity index (χ4v) is 2.47. The van der Waals surface area contributed by atoms with E-state index in [1.165, 1.54) is 6.20 Å². The molecule has 0 bridgehead atoms. The Morgan fingerprint density at radius 3 is 2.60 bits per heavy atom. The third-order valence-corrected chi connectivity index (χ3v) is 3.79. The number of hydrogen-bond donors (Lipinski definition) is 1. The smallest absolute Gasteiger partial charge is 0.269 e. The number of benzene rings is 1.